The van der Waals surface area contributed by atoms with Crippen LogP contribution in [-0.4, -0.2) is 62.3 Å². The average Bonchev–Trinajstić information content (AvgIpc) is 3.26. The molecule has 13 heteroatoms. The van der Waals surface area contributed by atoms with Crippen LogP contribution in [0.1, 0.15) is 43.5 Å². The van der Waals surface area contributed by atoms with Crippen molar-refractivity contribution in [1.82, 2.24) is 14.9 Å². The summed E-state index contributed by atoms with van der Waals surface area (Å²) in [6, 6.07) is 6.86. The minimum Gasteiger partial charge on any atom is -0.618 e. The summed E-state index contributed by atoms with van der Waals surface area (Å²) in [4.78, 5) is 39.1. The first-order chi connectivity index (χ1) is 18.1. The molecule has 204 valence electrons. The highest BCUT2D eigenvalue weighted by molar-refractivity contribution is 7.89. The molecule has 12 nitrogen and oxygen atoms in total. The van der Waals surface area contributed by atoms with Crippen molar-refractivity contribution in [2.75, 3.05) is 19.9 Å². The molecule has 2 N–H and O–H groups in total. The van der Waals surface area contributed by atoms with E-state index in [-0.39, 0.29) is 30.4 Å². The van der Waals surface area contributed by atoms with Crippen molar-refractivity contribution in [3.63, 3.8) is 0 Å². The number of aromatic nitrogens is 1. The zero-order valence-corrected chi connectivity index (χ0v) is 21.9. The Balaban J connectivity index is 1.43. The van der Waals surface area contributed by atoms with Gasteiger partial charge >= 0.3 is 15.0 Å². The molecule has 0 saturated carbocycles. The summed E-state index contributed by atoms with van der Waals surface area (Å²) in [7, 11) is -4.21. The minimum atomic E-state index is -4.21. The normalized spacial score (nSPS) is 18.6. The number of carbonyl (C=O) groups excluding carboxylic acids is 3. The number of Topliss-reactive ketones (excluding diaryl/α,β-unsaturated/α-hetero) is 1. The third-order valence-corrected chi connectivity index (χ3v) is 8.13. The molecule has 0 bridgehead atoms. The van der Waals surface area contributed by atoms with E-state index in [9.17, 15) is 28.0 Å². The number of hydrogen-bond acceptors (Lipinski definition) is 8. The third kappa shape index (κ3) is 6.05. The molecule has 2 atom stereocenters. The highest BCUT2D eigenvalue weighted by Crippen LogP contribution is 2.32. The summed E-state index contributed by atoms with van der Waals surface area (Å²) in [6.07, 6.45) is 1.90. The van der Waals surface area contributed by atoms with Gasteiger partial charge < -0.3 is 25.3 Å². The number of ketones is 1. The molecular weight excluding hydrogens is 516 g/mol. The molecule has 0 aliphatic carbocycles. The van der Waals surface area contributed by atoms with E-state index >= 15 is 0 Å². The molecule has 1 unspecified atom stereocenters. The lowest BCUT2D eigenvalue weighted by molar-refractivity contribution is -0.646. The molecule has 4 rings (SSSR count). The van der Waals surface area contributed by atoms with Crippen LogP contribution < -0.4 is 24.8 Å². The van der Waals surface area contributed by atoms with E-state index in [1.54, 1.807) is 12.1 Å². The first-order valence-electron chi connectivity index (χ1n) is 12.3. The second-order valence-corrected chi connectivity index (χ2v) is 11.5. The fourth-order valence-corrected chi connectivity index (χ4v) is 5.82. The van der Waals surface area contributed by atoms with E-state index in [2.05, 4.69) is 10.6 Å². The molecule has 2 amide bonds. The number of nitrogens with zero attached hydrogens (tertiary/aromatic N) is 2. The van der Waals surface area contributed by atoms with Crippen molar-refractivity contribution in [1.29, 1.82) is 0 Å². The number of pyridine rings is 1. The maximum atomic E-state index is 13.2. The molecule has 1 fully saturated rings. The average molecular weight is 547 g/mol. The lowest BCUT2D eigenvalue weighted by Gasteiger charge is -2.23. The predicted molar refractivity (Wildman–Crippen MR) is 134 cm³/mol. The Kier molecular flexibility index (Phi) is 8.17. The monoisotopic (exact) mass is 546 g/mol. The number of fused-ring (bicyclic) bond motifs is 1. The number of carbonyl (C=O) groups is 3. The second kappa shape index (κ2) is 11.4. The van der Waals surface area contributed by atoms with Crippen LogP contribution in [0.3, 0.4) is 0 Å². The SMILES string of the molecule is CC(C)C[C@H](NC(=O)c1ccc2c(c1)OCO2)C(=O)NC1CCCN(S(=O)(=O)c2cccc[n+]2[O-])CC1=O. The number of nitrogens with one attached hydrogen (secondary N) is 2. The number of ether oxygens (including phenoxy) is 2. The van der Waals surface area contributed by atoms with Gasteiger partial charge in [0, 0.05) is 24.2 Å². The van der Waals surface area contributed by atoms with E-state index < -0.39 is 51.3 Å². The Hall–Kier alpha value is -3.71. The third-order valence-electron chi connectivity index (χ3n) is 6.29. The van der Waals surface area contributed by atoms with Crippen LogP contribution in [0.4, 0.5) is 0 Å². The molecule has 1 aromatic heterocycles. The van der Waals surface area contributed by atoms with Gasteiger partial charge in [0.25, 0.3) is 5.91 Å². The molecule has 0 spiro atoms. The number of amides is 2. The highest BCUT2D eigenvalue weighted by atomic mass is 32.2. The molecule has 2 aromatic rings. The quantitative estimate of drug-likeness (QED) is 0.362. The topological polar surface area (TPSA) is 158 Å². The van der Waals surface area contributed by atoms with Gasteiger partial charge in [-0.05, 0) is 49.4 Å². The van der Waals surface area contributed by atoms with Gasteiger partial charge in [-0.2, -0.15) is 9.04 Å². The van der Waals surface area contributed by atoms with E-state index in [1.807, 2.05) is 13.8 Å². The van der Waals surface area contributed by atoms with Crippen molar-refractivity contribution in [3.05, 3.63) is 53.4 Å². The maximum absolute atomic E-state index is 13.2. The van der Waals surface area contributed by atoms with Gasteiger partial charge in [-0.15, -0.1) is 0 Å². The zero-order valence-electron chi connectivity index (χ0n) is 21.1. The number of hydrogen-bond donors (Lipinski definition) is 2. The Morgan fingerprint density at radius 1 is 1.18 bits per heavy atom. The van der Waals surface area contributed by atoms with Crippen LogP contribution in [0.2, 0.25) is 0 Å². The fourth-order valence-electron chi connectivity index (χ4n) is 4.35. The largest absolute Gasteiger partial charge is 0.618 e. The van der Waals surface area contributed by atoms with Crippen LogP contribution in [0.5, 0.6) is 11.5 Å². The standard InChI is InChI=1S/C25H30N4O8S/c1-16(2)12-19(27-24(31)17-8-9-21-22(13-17)37-15-36-21)25(32)26-18-6-5-10-28(14-20(18)30)38(34,35)23-7-3-4-11-29(23)33/h3-4,7-9,11,13,16,18-19H,5-6,10,12,14-15H2,1-2H3,(H,26,32)(H,27,31)/t18?,19-/m0/s1. The summed E-state index contributed by atoms with van der Waals surface area (Å²) in [5, 5.41) is 17.0. The van der Waals surface area contributed by atoms with Crippen molar-refractivity contribution in [3.8, 4) is 11.5 Å². The molecule has 2 aliphatic rings. The van der Waals surface area contributed by atoms with Crippen LogP contribution in [0, 0.1) is 11.1 Å². The first-order valence-corrected chi connectivity index (χ1v) is 13.7. The van der Waals surface area contributed by atoms with Gasteiger partial charge in [0.05, 0.1) is 12.6 Å². The maximum Gasteiger partial charge on any atom is 0.323 e. The number of rotatable bonds is 8. The number of sulfonamides is 1. The van der Waals surface area contributed by atoms with Gasteiger partial charge in [0.2, 0.25) is 12.7 Å². The molecule has 2 aliphatic heterocycles. The second-order valence-electron chi connectivity index (χ2n) is 9.60. The highest BCUT2D eigenvalue weighted by Gasteiger charge is 2.37. The summed E-state index contributed by atoms with van der Waals surface area (Å²) in [6.45, 7) is 3.40. The van der Waals surface area contributed by atoms with Gasteiger partial charge in [-0.25, -0.2) is 8.42 Å². The van der Waals surface area contributed by atoms with Crippen LogP contribution >= 0.6 is 0 Å². The predicted octanol–water partition coefficient (Wildman–Crippen LogP) is 0.732. The Morgan fingerprint density at radius 3 is 2.68 bits per heavy atom. The molecule has 0 radical (unpaired) electrons. The van der Waals surface area contributed by atoms with Crippen LogP contribution in [-0.2, 0) is 19.6 Å². The number of benzene rings is 1. The molecule has 1 aromatic carbocycles. The first kappa shape index (κ1) is 27.3. The smallest absolute Gasteiger partial charge is 0.323 e. The van der Waals surface area contributed by atoms with Crippen LogP contribution in [0.15, 0.2) is 47.6 Å². The van der Waals surface area contributed by atoms with Gasteiger partial charge in [0.15, 0.2) is 23.5 Å². The Labute approximate surface area is 220 Å². The van der Waals surface area contributed by atoms with Gasteiger partial charge in [0.1, 0.15) is 6.04 Å². The molecule has 3 heterocycles. The van der Waals surface area contributed by atoms with E-state index in [0.717, 1.165) is 10.5 Å². The molecule has 38 heavy (non-hydrogen) atoms. The zero-order chi connectivity index (χ0) is 27.4. The van der Waals surface area contributed by atoms with E-state index in [4.69, 9.17) is 9.47 Å². The minimum absolute atomic E-state index is 0.0195. The fraction of sp³-hybridized carbons (Fsp3) is 0.440. The summed E-state index contributed by atoms with van der Waals surface area (Å²) in [5.74, 6) is -0.510. The summed E-state index contributed by atoms with van der Waals surface area (Å²) < 4.78 is 37.8. The van der Waals surface area contributed by atoms with Crippen molar-refractivity contribution < 1.29 is 37.0 Å². The molecule has 1 saturated heterocycles. The summed E-state index contributed by atoms with van der Waals surface area (Å²) >= 11 is 0. The van der Waals surface area contributed by atoms with E-state index in [1.165, 1.54) is 24.3 Å². The van der Waals surface area contributed by atoms with Crippen molar-refractivity contribution in [2.24, 2.45) is 5.92 Å². The van der Waals surface area contributed by atoms with Gasteiger partial charge in [-0.1, -0.05) is 13.8 Å². The van der Waals surface area contributed by atoms with Crippen molar-refractivity contribution in [2.45, 2.75) is 50.2 Å². The Bertz CT molecular complexity index is 1330. The summed E-state index contributed by atoms with van der Waals surface area (Å²) in [5.41, 5.74) is 0.290. The van der Waals surface area contributed by atoms with E-state index in [0.29, 0.717) is 29.9 Å². The van der Waals surface area contributed by atoms with Gasteiger partial charge in [-0.3, -0.25) is 14.4 Å². The van der Waals surface area contributed by atoms with Crippen molar-refractivity contribution >= 4 is 27.6 Å². The lowest BCUT2D eigenvalue weighted by Crippen LogP contribution is -2.52. The lowest BCUT2D eigenvalue weighted by atomic mass is 10.0. The Morgan fingerprint density at radius 2 is 1.95 bits per heavy atom. The van der Waals surface area contributed by atoms with Crippen LogP contribution in [0.25, 0.3) is 0 Å². The molecular formula is C25H30N4O8S.